The lowest BCUT2D eigenvalue weighted by Gasteiger charge is -2.24. The lowest BCUT2D eigenvalue weighted by Crippen LogP contribution is -2.35. The minimum absolute atomic E-state index is 0.0175. The van der Waals surface area contributed by atoms with Crippen molar-refractivity contribution in [2.75, 3.05) is 12.0 Å². The largest absolute Gasteiger partial charge is 0.346 e. The highest BCUT2D eigenvalue weighted by Gasteiger charge is 2.27. The van der Waals surface area contributed by atoms with Gasteiger partial charge in [-0.1, -0.05) is 49.7 Å². The predicted octanol–water partition coefficient (Wildman–Crippen LogP) is 5.57. The van der Waals surface area contributed by atoms with Gasteiger partial charge in [0.05, 0.1) is 23.0 Å². The summed E-state index contributed by atoms with van der Waals surface area (Å²) in [7, 11) is 0. The van der Waals surface area contributed by atoms with Crippen molar-refractivity contribution < 1.29 is 4.79 Å². The molecule has 1 aromatic heterocycles. The van der Waals surface area contributed by atoms with E-state index >= 15 is 0 Å². The van der Waals surface area contributed by atoms with Crippen LogP contribution in [0.25, 0.3) is 11.0 Å². The van der Waals surface area contributed by atoms with E-state index in [0.29, 0.717) is 5.02 Å². The Morgan fingerprint density at radius 3 is 2.54 bits per heavy atom. The highest BCUT2D eigenvalue weighted by atomic mass is 35.5. The molecule has 0 saturated heterocycles. The Kier molecular flexibility index (Phi) is 7.03. The minimum Gasteiger partial charge on any atom is -0.346 e. The van der Waals surface area contributed by atoms with E-state index in [4.69, 9.17) is 16.6 Å². The molecule has 2 aromatic carbocycles. The number of nitrogens with one attached hydrogen (secondary N) is 2. The third-order valence-electron chi connectivity index (χ3n) is 4.84. The van der Waals surface area contributed by atoms with Crippen LogP contribution in [0.1, 0.15) is 43.6 Å². The first-order chi connectivity index (χ1) is 13.5. The van der Waals surface area contributed by atoms with Crippen molar-refractivity contribution in [2.45, 2.75) is 32.2 Å². The lowest BCUT2D eigenvalue weighted by molar-refractivity contribution is -0.124. The average molecular weight is 416 g/mol. The molecule has 0 aliphatic heterocycles. The van der Waals surface area contributed by atoms with Gasteiger partial charge in [0.15, 0.2) is 0 Å². The zero-order valence-corrected chi connectivity index (χ0v) is 18.0. The first-order valence-corrected chi connectivity index (χ1v) is 11.3. The fourth-order valence-electron chi connectivity index (χ4n) is 3.42. The third kappa shape index (κ3) is 4.89. The van der Waals surface area contributed by atoms with Crippen LogP contribution in [-0.4, -0.2) is 27.9 Å². The smallest absolute Gasteiger partial charge is 0.228 e. The normalized spacial score (nSPS) is 13.6. The van der Waals surface area contributed by atoms with E-state index in [-0.39, 0.29) is 23.8 Å². The Labute approximate surface area is 175 Å². The van der Waals surface area contributed by atoms with Crippen LogP contribution >= 0.6 is 23.4 Å². The number of benzene rings is 2. The summed E-state index contributed by atoms with van der Waals surface area (Å²) >= 11 is 7.78. The van der Waals surface area contributed by atoms with E-state index < -0.39 is 0 Å². The molecular formula is C22H26ClN3OS. The predicted molar refractivity (Wildman–Crippen MR) is 119 cm³/mol. The van der Waals surface area contributed by atoms with Crippen molar-refractivity contribution in [2.24, 2.45) is 5.92 Å². The Hall–Kier alpha value is -1.98. The molecule has 0 bridgehead atoms. The summed E-state index contributed by atoms with van der Waals surface area (Å²) in [5.74, 6) is 1.69. The van der Waals surface area contributed by atoms with Crippen LogP contribution in [0.2, 0.25) is 5.02 Å². The molecule has 148 valence electrons. The first kappa shape index (κ1) is 20.7. The number of rotatable bonds is 8. The number of aromatic nitrogens is 2. The first-order valence-electron chi connectivity index (χ1n) is 9.49. The molecule has 0 radical (unpaired) electrons. The van der Waals surface area contributed by atoms with E-state index in [1.54, 1.807) is 11.8 Å². The molecule has 0 spiro atoms. The zero-order valence-electron chi connectivity index (χ0n) is 16.4. The highest BCUT2D eigenvalue weighted by Crippen LogP contribution is 2.28. The number of hydrogen-bond acceptors (Lipinski definition) is 3. The van der Waals surface area contributed by atoms with Gasteiger partial charge in [0.25, 0.3) is 0 Å². The van der Waals surface area contributed by atoms with Gasteiger partial charge < -0.3 is 10.3 Å². The monoisotopic (exact) mass is 415 g/mol. The Morgan fingerprint density at radius 2 is 1.89 bits per heavy atom. The zero-order chi connectivity index (χ0) is 20.1. The molecule has 2 atom stereocenters. The summed E-state index contributed by atoms with van der Waals surface area (Å²) in [4.78, 5) is 21.3. The minimum atomic E-state index is -0.238. The Balaban J connectivity index is 1.85. The molecule has 28 heavy (non-hydrogen) atoms. The maximum Gasteiger partial charge on any atom is 0.228 e. The van der Waals surface area contributed by atoms with Crippen molar-refractivity contribution in [1.29, 1.82) is 0 Å². The van der Waals surface area contributed by atoms with Gasteiger partial charge in [0.1, 0.15) is 5.82 Å². The van der Waals surface area contributed by atoms with E-state index in [2.05, 4.69) is 30.4 Å². The van der Waals surface area contributed by atoms with Gasteiger partial charge in [0, 0.05) is 5.02 Å². The second-order valence-electron chi connectivity index (χ2n) is 7.26. The summed E-state index contributed by atoms with van der Waals surface area (Å²) in [6, 6.07) is 15.3. The number of thioether (sulfide) groups is 1. The maximum atomic E-state index is 13.2. The van der Waals surface area contributed by atoms with Crippen LogP contribution in [0.15, 0.2) is 48.5 Å². The lowest BCUT2D eigenvalue weighted by atomic mass is 9.87. The van der Waals surface area contributed by atoms with Crippen LogP contribution in [0, 0.1) is 5.92 Å². The Morgan fingerprint density at radius 1 is 1.18 bits per heavy atom. The molecule has 0 fully saturated rings. The fourth-order valence-corrected chi connectivity index (χ4v) is 4.02. The van der Waals surface area contributed by atoms with E-state index in [1.807, 2.05) is 48.5 Å². The molecular weight excluding hydrogens is 390 g/mol. The fraction of sp³-hybridized carbons (Fsp3) is 0.364. The van der Waals surface area contributed by atoms with E-state index in [1.165, 1.54) is 0 Å². The summed E-state index contributed by atoms with van der Waals surface area (Å²) in [6.07, 6.45) is 2.89. The SMILES string of the molecule is CSCC[C@H](NC(=O)[C@@H](c1ccc(Cl)cc1)C(C)C)c1nc2ccccc2[nH]1. The molecule has 3 aromatic rings. The van der Waals surface area contributed by atoms with Gasteiger partial charge in [0.2, 0.25) is 5.91 Å². The highest BCUT2D eigenvalue weighted by molar-refractivity contribution is 7.98. The number of H-pyrrole nitrogens is 1. The number of carbonyl (C=O) groups is 1. The molecule has 0 unspecified atom stereocenters. The third-order valence-corrected chi connectivity index (χ3v) is 5.74. The summed E-state index contributed by atoms with van der Waals surface area (Å²) < 4.78 is 0. The van der Waals surface area contributed by atoms with Crippen molar-refractivity contribution in [3.8, 4) is 0 Å². The number of hydrogen-bond donors (Lipinski definition) is 2. The van der Waals surface area contributed by atoms with Crippen LogP contribution in [0.3, 0.4) is 0 Å². The van der Waals surface area contributed by atoms with Gasteiger partial charge in [-0.3, -0.25) is 4.79 Å². The number of para-hydroxylation sites is 2. The van der Waals surface area contributed by atoms with Crippen molar-refractivity contribution in [3.63, 3.8) is 0 Å². The number of aromatic amines is 1. The molecule has 6 heteroatoms. The van der Waals surface area contributed by atoms with Crippen molar-refractivity contribution in [1.82, 2.24) is 15.3 Å². The molecule has 1 amide bonds. The van der Waals surface area contributed by atoms with Crippen LogP contribution in [0.4, 0.5) is 0 Å². The molecule has 2 N–H and O–H groups in total. The second-order valence-corrected chi connectivity index (χ2v) is 8.68. The molecule has 0 aliphatic carbocycles. The van der Waals surface area contributed by atoms with Crippen LogP contribution < -0.4 is 5.32 Å². The summed E-state index contributed by atoms with van der Waals surface area (Å²) in [5.41, 5.74) is 2.88. The van der Waals surface area contributed by atoms with Crippen LogP contribution in [0.5, 0.6) is 0 Å². The van der Waals surface area contributed by atoms with Crippen molar-refractivity contribution >= 4 is 40.3 Å². The number of nitrogens with zero attached hydrogens (tertiary/aromatic N) is 1. The number of fused-ring (bicyclic) bond motifs is 1. The standard InChI is InChI=1S/C22H26ClN3OS/c1-14(2)20(15-8-10-16(23)11-9-15)22(27)26-19(12-13-28-3)21-24-17-6-4-5-7-18(17)25-21/h4-11,14,19-20H,12-13H2,1-3H3,(H,24,25)(H,26,27)/t19-,20+/m0/s1. The maximum absolute atomic E-state index is 13.2. The number of imidazole rings is 1. The average Bonchev–Trinajstić information content (AvgIpc) is 3.10. The van der Waals surface area contributed by atoms with Gasteiger partial charge >= 0.3 is 0 Å². The van der Waals surface area contributed by atoms with E-state index in [0.717, 1.165) is 34.6 Å². The number of halogens is 1. The van der Waals surface area contributed by atoms with Crippen molar-refractivity contribution in [3.05, 3.63) is 64.9 Å². The van der Waals surface area contributed by atoms with Gasteiger partial charge in [-0.15, -0.1) is 0 Å². The van der Waals surface area contributed by atoms with Gasteiger partial charge in [-0.2, -0.15) is 11.8 Å². The van der Waals surface area contributed by atoms with Crippen LogP contribution in [-0.2, 0) is 4.79 Å². The van der Waals surface area contributed by atoms with Gasteiger partial charge in [-0.05, 0) is 54.2 Å². The second kappa shape index (κ2) is 9.48. The molecule has 0 aliphatic rings. The summed E-state index contributed by atoms with van der Waals surface area (Å²) in [5, 5.41) is 3.92. The van der Waals surface area contributed by atoms with Gasteiger partial charge in [-0.25, -0.2) is 4.98 Å². The summed E-state index contributed by atoms with van der Waals surface area (Å²) in [6.45, 7) is 4.13. The molecule has 3 rings (SSSR count). The topological polar surface area (TPSA) is 57.8 Å². The molecule has 0 saturated carbocycles. The van der Waals surface area contributed by atoms with E-state index in [9.17, 15) is 4.79 Å². The number of amides is 1. The quantitative estimate of drug-likeness (QED) is 0.505. The Bertz CT molecular complexity index is 890. The number of carbonyl (C=O) groups excluding carboxylic acids is 1. The molecule has 4 nitrogen and oxygen atoms in total. The molecule has 1 heterocycles.